The SMILES string of the molecule is CC(=O)NNC(=S)N=CCc1cc(C(F)(F)F)cc(C(F)(F)F)c1. The molecule has 2 N–H and O–H groups in total. The van der Waals surface area contributed by atoms with Gasteiger partial charge in [0.1, 0.15) is 0 Å². The molecule has 1 aromatic rings. The molecule has 4 nitrogen and oxygen atoms in total. The van der Waals surface area contributed by atoms with E-state index in [0.717, 1.165) is 6.21 Å². The number of halogens is 6. The molecule has 0 spiro atoms. The summed E-state index contributed by atoms with van der Waals surface area (Å²) in [4.78, 5) is 14.2. The molecule has 0 bridgehead atoms. The third-order valence-electron chi connectivity index (χ3n) is 2.53. The lowest BCUT2D eigenvalue weighted by Crippen LogP contribution is -2.38. The van der Waals surface area contributed by atoms with Gasteiger partial charge >= 0.3 is 12.4 Å². The third-order valence-corrected chi connectivity index (χ3v) is 2.74. The number of rotatable bonds is 2. The number of amides is 1. The number of alkyl halides is 6. The van der Waals surface area contributed by atoms with Gasteiger partial charge in [-0.25, -0.2) is 4.99 Å². The van der Waals surface area contributed by atoms with Gasteiger partial charge in [0.15, 0.2) is 0 Å². The van der Waals surface area contributed by atoms with Gasteiger partial charge in [0.05, 0.1) is 11.1 Å². The van der Waals surface area contributed by atoms with Crippen LogP contribution in [-0.4, -0.2) is 17.2 Å². The van der Waals surface area contributed by atoms with E-state index >= 15 is 0 Å². The highest BCUT2D eigenvalue weighted by molar-refractivity contribution is 7.80. The van der Waals surface area contributed by atoms with Crippen molar-refractivity contribution in [3.63, 3.8) is 0 Å². The van der Waals surface area contributed by atoms with Gasteiger partial charge in [0.25, 0.3) is 0 Å². The van der Waals surface area contributed by atoms with Crippen LogP contribution in [-0.2, 0) is 23.6 Å². The fraction of sp³-hybridized carbons (Fsp3) is 0.308. The zero-order chi connectivity index (χ0) is 18.5. The van der Waals surface area contributed by atoms with Gasteiger partial charge in [-0.1, -0.05) is 0 Å². The summed E-state index contributed by atoms with van der Waals surface area (Å²) < 4.78 is 76.1. The van der Waals surface area contributed by atoms with Crippen LogP contribution in [0, 0.1) is 0 Å². The first-order valence-corrected chi connectivity index (χ1v) is 6.68. The minimum Gasteiger partial charge on any atom is -0.274 e. The van der Waals surface area contributed by atoms with Crippen LogP contribution in [0.5, 0.6) is 0 Å². The first-order valence-electron chi connectivity index (χ1n) is 6.27. The third kappa shape index (κ3) is 6.52. The van der Waals surface area contributed by atoms with Crippen molar-refractivity contribution in [2.24, 2.45) is 4.99 Å². The number of benzene rings is 1. The molecule has 0 radical (unpaired) electrons. The second-order valence-corrected chi connectivity index (χ2v) is 4.93. The maximum absolute atomic E-state index is 12.7. The first kappa shape index (κ1) is 19.9. The molecule has 1 amide bonds. The normalized spacial score (nSPS) is 12.3. The number of hydrogen-bond donors (Lipinski definition) is 2. The molecule has 0 atom stereocenters. The number of carbonyl (C=O) groups excluding carboxylic acids is 1. The first-order chi connectivity index (χ1) is 10.9. The van der Waals surface area contributed by atoms with Crippen LogP contribution in [0.4, 0.5) is 26.3 Å². The predicted molar refractivity (Wildman–Crippen MR) is 78.2 cm³/mol. The van der Waals surface area contributed by atoms with Crippen LogP contribution >= 0.6 is 12.2 Å². The maximum Gasteiger partial charge on any atom is 0.416 e. The van der Waals surface area contributed by atoms with Gasteiger partial charge in [0.2, 0.25) is 11.0 Å². The van der Waals surface area contributed by atoms with Crippen LogP contribution < -0.4 is 10.9 Å². The van der Waals surface area contributed by atoms with Crippen molar-refractivity contribution in [3.05, 3.63) is 34.9 Å². The van der Waals surface area contributed by atoms with Crippen molar-refractivity contribution in [1.82, 2.24) is 10.9 Å². The van der Waals surface area contributed by atoms with Gasteiger partial charge in [-0.15, -0.1) is 0 Å². The number of nitrogens with zero attached hydrogens (tertiary/aromatic N) is 1. The Labute approximate surface area is 137 Å². The lowest BCUT2D eigenvalue weighted by molar-refractivity contribution is -0.143. The summed E-state index contributed by atoms with van der Waals surface area (Å²) in [6.07, 6.45) is -9.09. The molecule has 0 aliphatic rings. The molecule has 0 aliphatic heterocycles. The van der Waals surface area contributed by atoms with Crippen LogP contribution in [0.3, 0.4) is 0 Å². The lowest BCUT2D eigenvalue weighted by atomic mass is 10.0. The Hall–Kier alpha value is -2.17. The number of hydrazine groups is 1. The van der Waals surface area contributed by atoms with E-state index in [-0.39, 0.29) is 23.2 Å². The van der Waals surface area contributed by atoms with Gasteiger partial charge in [0, 0.05) is 19.6 Å². The largest absolute Gasteiger partial charge is 0.416 e. The summed E-state index contributed by atoms with van der Waals surface area (Å²) in [7, 11) is 0. The molecule has 0 fully saturated rings. The zero-order valence-corrected chi connectivity index (χ0v) is 12.9. The van der Waals surface area contributed by atoms with E-state index in [1.165, 1.54) is 6.92 Å². The minimum absolute atomic E-state index is 0.0453. The predicted octanol–water partition coefficient (Wildman–Crippen LogP) is 3.26. The van der Waals surface area contributed by atoms with Crippen molar-refractivity contribution in [1.29, 1.82) is 0 Å². The Bertz CT molecular complexity index is 622. The molecule has 0 heterocycles. The number of hydrogen-bond acceptors (Lipinski definition) is 2. The Morgan fingerprint density at radius 3 is 2.00 bits per heavy atom. The summed E-state index contributed by atoms with van der Waals surface area (Å²) in [5.41, 5.74) is 1.28. The summed E-state index contributed by atoms with van der Waals surface area (Å²) in [5, 5.41) is -0.201. The van der Waals surface area contributed by atoms with Gasteiger partial charge < -0.3 is 0 Å². The molecule has 1 aromatic carbocycles. The average Bonchev–Trinajstić information content (AvgIpc) is 2.43. The van der Waals surface area contributed by atoms with E-state index < -0.39 is 29.4 Å². The van der Waals surface area contributed by atoms with Crippen LogP contribution in [0.2, 0.25) is 0 Å². The zero-order valence-electron chi connectivity index (χ0n) is 12.0. The number of thiocarbonyl (C=S) groups is 1. The highest BCUT2D eigenvalue weighted by Gasteiger charge is 2.36. The van der Waals surface area contributed by atoms with E-state index in [1.54, 1.807) is 0 Å². The average molecular weight is 371 g/mol. The summed E-state index contributed by atoms with van der Waals surface area (Å²) in [6, 6.07) is 1.25. The molecule has 11 heteroatoms. The topological polar surface area (TPSA) is 53.5 Å². The van der Waals surface area contributed by atoms with Crippen molar-refractivity contribution in [2.45, 2.75) is 25.7 Å². The van der Waals surface area contributed by atoms with Gasteiger partial charge in [-0.3, -0.25) is 15.6 Å². The molecule has 132 valence electrons. The molecular weight excluding hydrogens is 360 g/mol. The molecule has 0 aliphatic carbocycles. The van der Waals surface area contributed by atoms with E-state index in [9.17, 15) is 31.1 Å². The maximum atomic E-state index is 12.7. The number of carbonyl (C=O) groups is 1. The van der Waals surface area contributed by atoms with Crippen molar-refractivity contribution >= 4 is 29.5 Å². The molecule has 0 saturated heterocycles. The number of aliphatic imine (C=N–C) groups is 1. The second-order valence-electron chi connectivity index (χ2n) is 4.54. The fourth-order valence-corrected chi connectivity index (χ4v) is 1.67. The highest BCUT2D eigenvalue weighted by atomic mass is 32.1. The smallest absolute Gasteiger partial charge is 0.274 e. The molecule has 0 unspecified atom stereocenters. The fourth-order valence-electron chi connectivity index (χ4n) is 1.54. The summed E-state index contributed by atoms with van der Waals surface area (Å²) in [5.74, 6) is -0.458. The Morgan fingerprint density at radius 1 is 1.08 bits per heavy atom. The van der Waals surface area contributed by atoms with E-state index in [0.29, 0.717) is 12.1 Å². The minimum atomic E-state index is -4.91. The van der Waals surface area contributed by atoms with E-state index in [4.69, 9.17) is 0 Å². The molecular formula is C13H11F6N3OS. The van der Waals surface area contributed by atoms with Crippen LogP contribution in [0.25, 0.3) is 0 Å². The second kappa shape index (κ2) is 7.60. The monoisotopic (exact) mass is 371 g/mol. The Kier molecular flexibility index (Phi) is 6.29. The van der Waals surface area contributed by atoms with Crippen molar-refractivity contribution in [2.75, 3.05) is 0 Å². The highest BCUT2D eigenvalue weighted by Crippen LogP contribution is 2.36. The standard InChI is InChI=1S/C13H11F6N3OS/c1-7(23)21-22-11(24)20-3-2-8-4-9(12(14,15)16)6-10(5-8)13(17,18)19/h3-6H,2H2,1H3,(H,21,23)(H,22,24). The molecule has 0 saturated carbocycles. The van der Waals surface area contributed by atoms with E-state index in [2.05, 4.69) is 28.1 Å². The van der Waals surface area contributed by atoms with Crippen molar-refractivity contribution < 1.29 is 31.1 Å². The summed E-state index contributed by atoms with van der Waals surface area (Å²) >= 11 is 4.67. The summed E-state index contributed by atoms with van der Waals surface area (Å²) in [6.45, 7) is 1.20. The lowest BCUT2D eigenvalue weighted by Gasteiger charge is -2.13. The molecule has 1 rings (SSSR count). The van der Waals surface area contributed by atoms with Crippen LogP contribution in [0.1, 0.15) is 23.6 Å². The van der Waals surface area contributed by atoms with Crippen LogP contribution in [0.15, 0.2) is 23.2 Å². The van der Waals surface area contributed by atoms with Gasteiger partial charge in [-0.2, -0.15) is 26.3 Å². The number of nitrogens with one attached hydrogen (secondary N) is 2. The van der Waals surface area contributed by atoms with Crippen molar-refractivity contribution in [3.8, 4) is 0 Å². The van der Waals surface area contributed by atoms with E-state index in [1.807, 2.05) is 0 Å². The molecule has 24 heavy (non-hydrogen) atoms. The Balaban J connectivity index is 2.95. The van der Waals surface area contributed by atoms with Gasteiger partial charge in [-0.05, 0) is 36.0 Å². The Morgan fingerprint density at radius 2 is 1.58 bits per heavy atom. The molecule has 0 aromatic heterocycles. The quantitative estimate of drug-likeness (QED) is 0.363.